The SMILES string of the molecule is CN(C)c1cccc2c(S(=O)(=O)NCCCCCCCCCCC[Si](O)(O)O)cccc12. The van der Waals surface area contributed by atoms with Crippen LogP contribution in [0.2, 0.25) is 6.04 Å². The molecule has 0 saturated heterocycles. The normalized spacial score (nSPS) is 12.4. The molecular formula is C23H38N2O5SSi. The summed E-state index contributed by atoms with van der Waals surface area (Å²) in [6, 6.07) is 11.2. The lowest BCUT2D eigenvalue weighted by atomic mass is 10.1. The minimum atomic E-state index is -3.86. The van der Waals surface area contributed by atoms with Crippen molar-refractivity contribution < 1.29 is 22.8 Å². The number of nitrogens with one attached hydrogen (secondary N) is 1. The van der Waals surface area contributed by atoms with Gasteiger partial charge in [-0.2, -0.15) is 0 Å². The highest BCUT2D eigenvalue weighted by atomic mass is 32.2. The van der Waals surface area contributed by atoms with Crippen molar-refractivity contribution in [3.8, 4) is 0 Å². The van der Waals surface area contributed by atoms with Gasteiger partial charge in [0.25, 0.3) is 0 Å². The average Bonchev–Trinajstić information content (AvgIpc) is 2.72. The summed E-state index contributed by atoms with van der Waals surface area (Å²) < 4.78 is 28.5. The molecule has 32 heavy (non-hydrogen) atoms. The van der Waals surface area contributed by atoms with E-state index in [0.29, 0.717) is 17.9 Å². The lowest BCUT2D eigenvalue weighted by molar-refractivity contribution is 0.226. The van der Waals surface area contributed by atoms with Crippen LogP contribution in [0.4, 0.5) is 5.69 Å². The molecule has 0 heterocycles. The van der Waals surface area contributed by atoms with Crippen LogP contribution in [0.3, 0.4) is 0 Å². The van der Waals surface area contributed by atoms with E-state index in [1.807, 2.05) is 43.3 Å². The first kappa shape index (κ1) is 26.8. The van der Waals surface area contributed by atoms with Crippen molar-refractivity contribution in [2.24, 2.45) is 0 Å². The summed E-state index contributed by atoms with van der Waals surface area (Å²) >= 11 is 0. The van der Waals surface area contributed by atoms with Crippen LogP contribution in [-0.4, -0.2) is 52.2 Å². The molecule has 0 spiro atoms. The smallest absolute Gasteiger partial charge is 0.390 e. The average molecular weight is 483 g/mol. The number of fused-ring (bicyclic) bond motifs is 1. The fourth-order valence-electron chi connectivity index (χ4n) is 3.90. The highest BCUT2D eigenvalue weighted by Gasteiger charge is 2.25. The first-order chi connectivity index (χ1) is 15.1. The molecule has 180 valence electrons. The van der Waals surface area contributed by atoms with E-state index in [-0.39, 0.29) is 6.04 Å². The molecule has 2 rings (SSSR count). The van der Waals surface area contributed by atoms with Crippen molar-refractivity contribution in [2.75, 3.05) is 25.5 Å². The number of unbranched alkanes of at least 4 members (excludes halogenated alkanes) is 8. The van der Waals surface area contributed by atoms with Gasteiger partial charge in [-0.15, -0.1) is 0 Å². The van der Waals surface area contributed by atoms with E-state index < -0.39 is 18.8 Å². The quantitative estimate of drug-likeness (QED) is 0.228. The first-order valence-corrected chi connectivity index (χ1v) is 15.0. The summed E-state index contributed by atoms with van der Waals surface area (Å²) in [5.41, 5.74) is 0.990. The number of hydrogen-bond acceptors (Lipinski definition) is 6. The highest BCUT2D eigenvalue weighted by molar-refractivity contribution is 7.89. The van der Waals surface area contributed by atoms with Gasteiger partial charge in [-0.25, -0.2) is 13.1 Å². The molecule has 2 aromatic carbocycles. The van der Waals surface area contributed by atoms with Crippen LogP contribution in [0.1, 0.15) is 57.8 Å². The molecule has 9 heteroatoms. The minimum Gasteiger partial charge on any atom is -0.390 e. The maximum Gasteiger partial charge on any atom is 0.492 e. The Labute approximate surface area is 193 Å². The zero-order chi connectivity index (χ0) is 23.6. The van der Waals surface area contributed by atoms with Gasteiger partial charge in [0.2, 0.25) is 10.0 Å². The summed E-state index contributed by atoms with van der Waals surface area (Å²) in [6.45, 7) is 0.432. The zero-order valence-corrected chi connectivity index (χ0v) is 21.1. The molecule has 2 aromatic rings. The molecule has 0 aliphatic rings. The van der Waals surface area contributed by atoms with Crippen molar-refractivity contribution in [2.45, 2.75) is 68.7 Å². The molecule has 0 amide bonds. The molecular weight excluding hydrogens is 444 g/mol. The molecule has 0 aliphatic carbocycles. The van der Waals surface area contributed by atoms with Crippen molar-refractivity contribution in [3.05, 3.63) is 36.4 Å². The Bertz CT molecular complexity index is 945. The molecule has 7 nitrogen and oxygen atoms in total. The zero-order valence-electron chi connectivity index (χ0n) is 19.3. The van der Waals surface area contributed by atoms with Crippen LogP contribution < -0.4 is 9.62 Å². The third-order valence-corrected chi connectivity index (χ3v) is 8.15. The number of rotatable bonds is 15. The van der Waals surface area contributed by atoms with Gasteiger partial charge in [0.15, 0.2) is 0 Å². The monoisotopic (exact) mass is 482 g/mol. The van der Waals surface area contributed by atoms with Gasteiger partial charge < -0.3 is 19.3 Å². The summed E-state index contributed by atoms with van der Waals surface area (Å²) in [7, 11) is -3.53. The molecule has 0 saturated carbocycles. The fourth-order valence-corrected chi connectivity index (χ4v) is 5.92. The van der Waals surface area contributed by atoms with Crippen LogP contribution in [0.15, 0.2) is 41.3 Å². The van der Waals surface area contributed by atoms with Gasteiger partial charge >= 0.3 is 8.80 Å². The highest BCUT2D eigenvalue weighted by Crippen LogP contribution is 2.30. The summed E-state index contributed by atoms with van der Waals surface area (Å²) in [5.74, 6) is 0. The number of anilines is 1. The van der Waals surface area contributed by atoms with Crippen LogP contribution in [0.25, 0.3) is 10.8 Å². The molecule has 0 bridgehead atoms. The second kappa shape index (κ2) is 12.7. The molecule has 0 aromatic heterocycles. The topological polar surface area (TPSA) is 110 Å². The molecule has 0 fully saturated rings. The van der Waals surface area contributed by atoms with E-state index in [4.69, 9.17) is 14.4 Å². The maximum atomic E-state index is 12.9. The predicted molar refractivity (Wildman–Crippen MR) is 132 cm³/mol. The van der Waals surface area contributed by atoms with E-state index >= 15 is 0 Å². The lowest BCUT2D eigenvalue weighted by Gasteiger charge is -2.17. The molecule has 4 N–H and O–H groups in total. The number of sulfonamides is 1. The maximum absolute atomic E-state index is 12.9. The van der Waals surface area contributed by atoms with Crippen molar-refractivity contribution in [3.63, 3.8) is 0 Å². The van der Waals surface area contributed by atoms with Gasteiger partial charge in [0.05, 0.1) is 4.90 Å². The Morgan fingerprint density at radius 2 is 1.31 bits per heavy atom. The Morgan fingerprint density at radius 3 is 1.91 bits per heavy atom. The molecule has 0 unspecified atom stereocenters. The van der Waals surface area contributed by atoms with Gasteiger partial charge in [-0.3, -0.25) is 0 Å². The van der Waals surface area contributed by atoms with Gasteiger partial charge in [0.1, 0.15) is 0 Å². The standard InChI is InChI=1S/C23H38N2O5SSi/c1-25(2)22-16-12-15-21-20(22)14-13-17-23(21)31(26,27)24-18-10-8-6-4-3-5-7-9-11-19-32(28,29)30/h12-17,24,28-30H,3-11,18-19H2,1-2H3. The Morgan fingerprint density at radius 1 is 0.781 bits per heavy atom. The molecule has 0 radical (unpaired) electrons. The lowest BCUT2D eigenvalue weighted by Crippen LogP contribution is -2.33. The summed E-state index contributed by atoms with van der Waals surface area (Å²) in [4.78, 5) is 29.2. The van der Waals surface area contributed by atoms with E-state index in [0.717, 1.165) is 67.8 Å². The third-order valence-electron chi connectivity index (χ3n) is 5.61. The number of nitrogens with zero attached hydrogens (tertiary/aromatic N) is 1. The summed E-state index contributed by atoms with van der Waals surface area (Å²) in [6.07, 6.45) is 8.79. The Balaban J connectivity index is 1.69. The van der Waals surface area contributed by atoms with E-state index in [1.165, 1.54) is 0 Å². The fraction of sp³-hybridized carbons (Fsp3) is 0.565. The van der Waals surface area contributed by atoms with E-state index in [9.17, 15) is 8.42 Å². The van der Waals surface area contributed by atoms with Crippen molar-refractivity contribution in [1.29, 1.82) is 0 Å². The second-order valence-corrected chi connectivity index (χ2v) is 12.4. The molecule has 0 aliphatic heterocycles. The van der Waals surface area contributed by atoms with Crippen LogP contribution in [0, 0.1) is 0 Å². The first-order valence-electron chi connectivity index (χ1n) is 11.5. The van der Waals surface area contributed by atoms with Crippen LogP contribution in [-0.2, 0) is 10.0 Å². The van der Waals surface area contributed by atoms with Crippen LogP contribution >= 0.6 is 0 Å². The van der Waals surface area contributed by atoms with Crippen molar-refractivity contribution >= 4 is 35.3 Å². The Hall–Kier alpha value is -1.49. The number of benzene rings is 2. The largest absolute Gasteiger partial charge is 0.492 e. The van der Waals surface area contributed by atoms with Crippen molar-refractivity contribution in [1.82, 2.24) is 4.72 Å². The predicted octanol–water partition coefficient (Wildman–Crippen LogP) is 3.61. The minimum absolute atomic E-state index is 0.124. The van der Waals surface area contributed by atoms with Gasteiger partial charge in [0, 0.05) is 43.1 Å². The van der Waals surface area contributed by atoms with E-state index in [2.05, 4.69) is 4.72 Å². The van der Waals surface area contributed by atoms with Crippen LogP contribution in [0.5, 0.6) is 0 Å². The van der Waals surface area contributed by atoms with Gasteiger partial charge in [-0.05, 0) is 25.0 Å². The second-order valence-electron chi connectivity index (χ2n) is 8.63. The summed E-state index contributed by atoms with van der Waals surface area (Å²) in [5, 5.41) is 1.65. The third kappa shape index (κ3) is 8.80. The number of hydrogen-bond donors (Lipinski definition) is 4. The van der Waals surface area contributed by atoms with E-state index in [1.54, 1.807) is 12.1 Å². The Kier molecular flexibility index (Phi) is 10.6. The molecule has 0 atom stereocenters. The van der Waals surface area contributed by atoms with Gasteiger partial charge in [-0.1, -0.05) is 69.2 Å².